The predicted molar refractivity (Wildman–Crippen MR) is 89.5 cm³/mol. The molecule has 2 heteroatoms. The second-order valence-electron chi connectivity index (χ2n) is 6.27. The summed E-state index contributed by atoms with van der Waals surface area (Å²) in [6.45, 7) is 3.86. The third-order valence-corrected chi connectivity index (χ3v) is 4.77. The highest BCUT2D eigenvalue weighted by atomic mass is 16.3. The Bertz CT molecular complexity index is 677. The number of phenolic OH excluding ortho intramolecular Hbond substituents is 2. The molecule has 1 aliphatic rings. The molecule has 0 saturated heterocycles. The molecule has 22 heavy (non-hydrogen) atoms. The summed E-state index contributed by atoms with van der Waals surface area (Å²) in [6, 6.07) is 11.7. The van der Waals surface area contributed by atoms with Crippen molar-refractivity contribution in [3.63, 3.8) is 0 Å². The van der Waals surface area contributed by atoms with Crippen molar-refractivity contribution >= 4 is 0 Å². The standard InChI is InChI=1S/C20H22O2/c1-14-12-16(6-8-18(14)21)20(10-4-3-5-11-20)17-7-9-19(22)15(2)13-17/h4,6-10,12-13,21-22H,3,5,11H2,1-2H3. The van der Waals surface area contributed by atoms with Crippen LogP contribution < -0.4 is 0 Å². The molecular formula is C20H22O2. The van der Waals surface area contributed by atoms with Gasteiger partial charge in [0.25, 0.3) is 0 Å². The summed E-state index contributed by atoms with van der Waals surface area (Å²) in [6.07, 6.45) is 7.81. The van der Waals surface area contributed by atoms with Crippen LogP contribution in [0, 0.1) is 13.8 Å². The first-order chi connectivity index (χ1) is 10.5. The lowest BCUT2D eigenvalue weighted by Crippen LogP contribution is -2.27. The first kappa shape index (κ1) is 14.7. The fraction of sp³-hybridized carbons (Fsp3) is 0.300. The van der Waals surface area contributed by atoms with E-state index in [0.717, 1.165) is 30.4 Å². The third-order valence-electron chi connectivity index (χ3n) is 4.77. The number of benzene rings is 2. The maximum absolute atomic E-state index is 9.83. The molecule has 3 rings (SSSR count). The van der Waals surface area contributed by atoms with Crippen molar-refractivity contribution in [2.24, 2.45) is 0 Å². The largest absolute Gasteiger partial charge is 0.508 e. The zero-order valence-corrected chi connectivity index (χ0v) is 13.1. The van der Waals surface area contributed by atoms with E-state index in [0.29, 0.717) is 11.5 Å². The molecule has 0 aromatic heterocycles. The highest BCUT2D eigenvalue weighted by Gasteiger charge is 2.33. The van der Waals surface area contributed by atoms with Crippen LogP contribution in [0.15, 0.2) is 48.6 Å². The Morgan fingerprint density at radius 3 is 1.82 bits per heavy atom. The molecule has 0 amide bonds. The van der Waals surface area contributed by atoms with Gasteiger partial charge >= 0.3 is 0 Å². The van der Waals surface area contributed by atoms with E-state index in [1.807, 2.05) is 26.0 Å². The molecule has 0 atom stereocenters. The van der Waals surface area contributed by atoms with Crippen LogP contribution in [0.1, 0.15) is 41.5 Å². The van der Waals surface area contributed by atoms with Gasteiger partial charge < -0.3 is 10.2 Å². The lowest BCUT2D eigenvalue weighted by atomic mass is 9.68. The molecule has 2 aromatic carbocycles. The fourth-order valence-corrected chi connectivity index (χ4v) is 3.38. The van der Waals surface area contributed by atoms with Crippen molar-refractivity contribution in [1.29, 1.82) is 0 Å². The SMILES string of the molecule is Cc1cc(C2(c3ccc(O)c(C)c3)C=CCCC2)ccc1O. The van der Waals surface area contributed by atoms with Crippen molar-refractivity contribution in [3.8, 4) is 11.5 Å². The van der Waals surface area contributed by atoms with Crippen LogP contribution in [-0.2, 0) is 5.41 Å². The molecule has 1 aliphatic carbocycles. The van der Waals surface area contributed by atoms with Crippen LogP contribution in [0.5, 0.6) is 11.5 Å². The van der Waals surface area contributed by atoms with E-state index in [4.69, 9.17) is 0 Å². The summed E-state index contributed by atoms with van der Waals surface area (Å²) in [5, 5.41) is 19.7. The second kappa shape index (κ2) is 5.53. The summed E-state index contributed by atoms with van der Waals surface area (Å²) < 4.78 is 0. The van der Waals surface area contributed by atoms with Gasteiger partial charge in [-0.3, -0.25) is 0 Å². The van der Waals surface area contributed by atoms with Gasteiger partial charge in [0.15, 0.2) is 0 Å². The van der Waals surface area contributed by atoms with Gasteiger partial charge in [-0.1, -0.05) is 36.4 Å². The van der Waals surface area contributed by atoms with Crippen LogP contribution in [0.4, 0.5) is 0 Å². The predicted octanol–water partition coefficient (Wildman–Crippen LogP) is 4.74. The number of hydrogen-bond acceptors (Lipinski definition) is 2. The molecule has 0 saturated carbocycles. The van der Waals surface area contributed by atoms with E-state index in [1.54, 1.807) is 12.1 Å². The van der Waals surface area contributed by atoms with Crippen LogP contribution in [0.25, 0.3) is 0 Å². The molecule has 0 unspecified atom stereocenters. The van der Waals surface area contributed by atoms with Gasteiger partial charge in [-0.15, -0.1) is 0 Å². The second-order valence-corrected chi connectivity index (χ2v) is 6.27. The molecule has 2 N–H and O–H groups in total. The zero-order chi connectivity index (χ0) is 15.7. The van der Waals surface area contributed by atoms with E-state index in [2.05, 4.69) is 24.3 Å². The topological polar surface area (TPSA) is 40.5 Å². The lowest BCUT2D eigenvalue weighted by molar-refractivity contribution is 0.467. The quantitative estimate of drug-likeness (QED) is 0.785. The molecule has 2 aromatic rings. The Labute approximate surface area is 131 Å². The molecule has 0 aliphatic heterocycles. The molecule has 0 spiro atoms. The number of rotatable bonds is 2. The minimum atomic E-state index is -0.171. The zero-order valence-electron chi connectivity index (χ0n) is 13.1. The Hall–Kier alpha value is -2.22. The van der Waals surface area contributed by atoms with Crippen molar-refractivity contribution in [1.82, 2.24) is 0 Å². The average molecular weight is 294 g/mol. The van der Waals surface area contributed by atoms with Gasteiger partial charge in [-0.25, -0.2) is 0 Å². The van der Waals surface area contributed by atoms with Crippen molar-refractivity contribution in [2.75, 3.05) is 0 Å². The summed E-state index contributed by atoms with van der Waals surface area (Å²) in [4.78, 5) is 0. The van der Waals surface area contributed by atoms with E-state index in [-0.39, 0.29) is 5.41 Å². The van der Waals surface area contributed by atoms with Gasteiger partial charge in [0.2, 0.25) is 0 Å². The highest BCUT2D eigenvalue weighted by molar-refractivity contribution is 5.51. The van der Waals surface area contributed by atoms with Gasteiger partial charge in [0, 0.05) is 5.41 Å². The summed E-state index contributed by atoms with van der Waals surface area (Å²) in [5.74, 6) is 0.668. The molecule has 0 bridgehead atoms. The monoisotopic (exact) mass is 294 g/mol. The summed E-state index contributed by atoms with van der Waals surface area (Å²) in [5.41, 5.74) is 4.01. The van der Waals surface area contributed by atoms with Crippen LogP contribution >= 0.6 is 0 Å². The number of aromatic hydroxyl groups is 2. The van der Waals surface area contributed by atoms with Crippen LogP contribution in [-0.4, -0.2) is 10.2 Å². The van der Waals surface area contributed by atoms with Gasteiger partial charge in [0.05, 0.1) is 0 Å². The molecule has 0 heterocycles. The number of allylic oxidation sites excluding steroid dienone is 2. The minimum Gasteiger partial charge on any atom is -0.508 e. The maximum Gasteiger partial charge on any atom is 0.118 e. The molecule has 2 nitrogen and oxygen atoms in total. The van der Waals surface area contributed by atoms with Gasteiger partial charge in [-0.05, 0) is 67.5 Å². The Balaban J connectivity index is 2.20. The van der Waals surface area contributed by atoms with E-state index in [9.17, 15) is 10.2 Å². The van der Waals surface area contributed by atoms with Crippen molar-refractivity contribution in [2.45, 2.75) is 38.5 Å². The first-order valence-corrected chi connectivity index (χ1v) is 7.81. The van der Waals surface area contributed by atoms with Crippen molar-refractivity contribution < 1.29 is 10.2 Å². The average Bonchev–Trinajstić information content (AvgIpc) is 2.53. The van der Waals surface area contributed by atoms with Crippen molar-refractivity contribution in [3.05, 3.63) is 70.8 Å². The highest BCUT2D eigenvalue weighted by Crippen LogP contribution is 2.43. The minimum absolute atomic E-state index is 0.171. The van der Waals surface area contributed by atoms with E-state index < -0.39 is 0 Å². The number of phenols is 2. The normalized spacial score (nSPS) is 16.6. The summed E-state index contributed by atoms with van der Waals surface area (Å²) >= 11 is 0. The van der Waals surface area contributed by atoms with Crippen LogP contribution in [0.3, 0.4) is 0 Å². The third kappa shape index (κ3) is 2.39. The Kier molecular flexibility index (Phi) is 3.69. The Morgan fingerprint density at radius 2 is 1.41 bits per heavy atom. The van der Waals surface area contributed by atoms with E-state index >= 15 is 0 Å². The first-order valence-electron chi connectivity index (χ1n) is 7.81. The lowest BCUT2D eigenvalue weighted by Gasteiger charge is -2.35. The Morgan fingerprint density at radius 1 is 0.864 bits per heavy atom. The number of hydrogen-bond donors (Lipinski definition) is 2. The van der Waals surface area contributed by atoms with Gasteiger partial charge in [-0.2, -0.15) is 0 Å². The molecule has 0 radical (unpaired) electrons. The molecule has 114 valence electrons. The fourth-order valence-electron chi connectivity index (χ4n) is 3.38. The van der Waals surface area contributed by atoms with Gasteiger partial charge in [0.1, 0.15) is 11.5 Å². The smallest absolute Gasteiger partial charge is 0.118 e. The molecular weight excluding hydrogens is 272 g/mol. The molecule has 0 fully saturated rings. The summed E-state index contributed by atoms with van der Waals surface area (Å²) in [7, 11) is 0. The maximum atomic E-state index is 9.83. The van der Waals surface area contributed by atoms with Crippen LogP contribution in [0.2, 0.25) is 0 Å². The number of aryl methyl sites for hydroxylation is 2. The van der Waals surface area contributed by atoms with E-state index in [1.165, 1.54) is 11.1 Å².